The molecule has 0 bridgehead atoms. The van der Waals surface area contributed by atoms with Crippen molar-refractivity contribution >= 4 is 11.9 Å². The minimum absolute atomic E-state index is 0.0891. The van der Waals surface area contributed by atoms with Crippen LogP contribution >= 0.6 is 0 Å². The summed E-state index contributed by atoms with van der Waals surface area (Å²) in [7, 11) is 0. The van der Waals surface area contributed by atoms with Crippen molar-refractivity contribution in [3.8, 4) is 0 Å². The van der Waals surface area contributed by atoms with Gasteiger partial charge < -0.3 is 10.0 Å². The Kier molecular flexibility index (Phi) is 3.99. The van der Waals surface area contributed by atoms with Gasteiger partial charge in [-0.25, -0.2) is 0 Å². The van der Waals surface area contributed by atoms with Crippen LogP contribution in [0, 0.1) is 17.8 Å². The molecule has 0 aromatic heterocycles. The van der Waals surface area contributed by atoms with Crippen molar-refractivity contribution in [1.29, 1.82) is 0 Å². The molecule has 3 rings (SSSR count). The molecular weight excluding hydrogens is 254 g/mol. The van der Waals surface area contributed by atoms with E-state index in [2.05, 4.69) is 4.90 Å². The molecule has 1 saturated heterocycles. The number of carboxylic acids is 1. The van der Waals surface area contributed by atoms with Crippen LogP contribution in [0.2, 0.25) is 0 Å². The molecule has 0 radical (unpaired) electrons. The average molecular weight is 279 g/mol. The fourth-order valence-corrected chi connectivity index (χ4v) is 4.50. The Morgan fingerprint density at radius 3 is 2.20 bits per heavy atom. The lowest BCUT2D eigenvalue weighted by Gasteiger charge is -2.35. The molecule has 1 N–H and O–H groups in total. The highest BCUT2D eigenvalue weighted by Gasteiger charge is 2.41. The fourth-order valence-electron chi connectivity index (χ4n) is 4.50. The molecular formula is C16H25NO3. The van der Waals surface area contributed by atoms with E-state index in [4.69, 9.17) is 5.11 Å². The number of nitrogens with zero attached hydrogens (tertiary/aromatic N) is 1. The van der Waals surface area contributed by atoms with E-state index in [0.717, 1.165) is 25.3 Å². The highest BCUT2D eigenvalue weighted by molar-refractivity contribution is 5.80. The van der Waals surface area contributed by atoms with E-state index in [1.54, 1.807) is 0 Å². The second kappa shape index (κ2) is 5.74. The number of rotatable bonds is 2. The van der Waals surface area contributed by atoms with Gasteiger partial charge >= 0.3 is 5.97 Å². The van der Waals surface area contributed by atoms with Crippen molar-refractivity contribution in [1.82, 2.24) is 4.90 Å². The van der Waals surface area contributed by atoms with Gasteiger partial charge in [0.25, 0.3) is 0 Å². The van der Waals surface area contributed by atoms with Crippen LogP contribution in [0.15, 0.2) is 0 Å². The van der Waals surface area contributed by atoms with Crippen LogP contribution in [0.3, 0.4) is 0 Å². The van der Waals surface area contributed by atoms with Crippen LogP contribution in [0.5, 0.6) is 0 Å². The van der Waals surface area contributed by atoms with E-state index in [9.17, 15) is 9.59 Å². The maximum atomic E-state index is 12.7. The first-order valence-corrected chi connectivity index (χ1v) is 8.20. The molecule has 3 fully saturated rings. The molecule has 0 aromatic carbocycles. The van der Waals surface area contributed by atoms with E-state index >= 15 is 0 Å². The lowest BCUT2D eigenvalue weighted by molar-refractivity contribution is -0.146. The van der Waals surface area contributed by atoms with Gasteiger partial charge in [-0.15, -0.1) is 0 Å². The number of amides is 1. The molecule has 3 aliphatic rings. The largest absolute Gasteiger partial charge is 0.481 e. The zero-order valence-corrected chi connectivity index (χ0v) is 12.1. The molecule has 2 atom stereocenters. The highest BCUT2D eigenvalue weighted by Crippen LogP contribution is 2.38. The zero-order chi connectivity index (χ0) is 14.1. The van der Waals surface area contributed by atoms with Gasteiger partial charge in [-0.2, -0.15) is 0 Å². The van der Waals surface area contributed by atoms with Gasteiger partial charge in [0, 0.05) is 18.5 Å². The summed E-state index contributed by atoms with van der Waals surface area (Å²) < 4.78 is 0. The second-order valence-corrected chi connectivity index (χ2v) is 6.82. The van der Waals surface area contributed by atoms with Gasteiger partial charge in [0.15, 0.2) is 0 Å². The summed E-state index contributed by atoms with van der Waals surface area (Å²) in [5.41, 5.74) is 0. The van der Waals surface area contributed by atoms with Crippen LogP contribution in [-0.4, -0.2) is 34.5 Å². The quantitative estimate of drug-likeness (QED) is 0.845. The third-order valence-corrected chi connectivity index (χ3v) is 5.72. The fraction of sp³-hybridized carbons (Fsp3) is 0.875. The third kappa shape index (κ3) is 2.57. The molecule has 112 valence electrons. The first-order chi connectivity index (χ1) is 9.66. The van der Waals surface area contributed by atoms with Gasteiger partial charge in [-0.3, -0.25) is 9.59 Å². The normalized spacial score (nSPS) is 37.5. The van der Waals surface area contributed by atoms with Crippen molar-refractivity contribution in [2.24, 2.45) is 17.8 Å². The van der Waals surface area contributed by atoms with Crippen LogP contribution in [0.25, 0.3) is 0 Å². The Morgan fingerprint density at radius 1 is 0.850 bits per heavy atom. The molecule has 2 saturated carbocycles. The van der Waals surface area contributed by atoms with Gasteiger partial charge in [0.05, 0.1) is 5.92 Å². The number of hydrogen-bond acceptors (Lipinski definition) is 2. The molecule has 0 aromatic rings. The summed E-state index contributed by atoms with van der Waals surface area (Å²) in [6.07, 6.45) is 9.13. The van der Waals surface area contributed by atoms with Crippen molar-refractivity contribution in [2.75, 3.05) is 6.54 Å². The first kappa shape index (κ1) is 13.9. The molecule has 4 nitrogen and oxygen atoms in total. The second-order valence-electron chi connectivity index (χ2n) is 6.82. The van der Waals surface area contributed by atoms with Gasteiger partial charge in [-0.1, -0.05) is 12.8 Å². The Labute approximate surface area is 120 Å². The topological polar surface area (TPSA) is 57.6 Å². The summed E-state index contributed by atoms with van der Waals surface area (Å²) in [6, 6.07) is 0.494. The number of hydrogen-bond donors (Lipinski definition) is 1. The lowest BCUT2D eigenvalue weighted by atomic mass is 9.80. The van der Waals surface area contributed by atoms with E-state index in [1.807, 2.05) is 0 Å². The van der Waals surface area contributed by atoms with Crippen LogP contribution in [-0.2, 0) is 9.59 Å². The standard InChI is InChI=1S/C16H25NO3/c18-15(12-5-7-13(8-6-12)16(19)20)17-10-9-11-3-1-2-4-14(11)17/h11-14H,1-10H2,(H,19,20). The average Bonchev–Trinajstić information content (AvgIpc) is 2.90. The summed E-state index contributed by atoms with van der Waals surface area (Å²) in [4.78, 5) is 25.8. The molecule has 1 amide bonds. The number of carbonyl (C=O) groups is 2. The minimum Gasteiger partial charge on any atom is -0.481 e. The molecule has 1 aliphatic heterocycles. The number of carbonyl (C=O) groups excluding carboxylic acids is 1. The maximum Gasteiger partial charge on any atom is 0.306 e. The third-order valence-electron chi connectivity index (χ3n) is 5.72. The smallest absolute Gasteiger partial charge is 0.306 e. The van der Waals surface area contributed by atoms with Crippen molar-refractivity contribution in [3.63, 3.8) is 0 Å². The van der Waals surface area contributed by atoms with E-state index < -0.39 is 5.97 Å². The Hall–Kier alpha value is -1.06. The lowest BCUT2D eigenvalue weighted by Crippen LogP contribution is -2.43. The molecule has 0 spiro atoms. The highest BCUT2D eigenvalue weighted by atomic mass is 16.4. The van der Waals surface area contributed by atoms with E-state index in [0.29, 0.717) is 24.8 Å². The van der Waals surface area contributed by atoms with Crippen molar-refractivity contribution in [2.45, 2.75) is 63.8 Å². The van der Waals surface area contributed by atoms with Crippen molar-refractivity contribution in [3.05, 3.63) is 0 Å². The predicted molar refractivity (Wildman–Crippen MR) is 75.2 cm³/mol. The molecule has 2 unspecified atom stereocenters. The summed E-state index contributed by atoms with van der Waals surface area (Å²) in [6.45, 7) is 0.938. The summed E-state index contributed by atoms with van der Waals surface area (Å²) in [5.74, 6) is 0.238. The summed E-state index contributed by atoms with van der Waals surface area (Å²) >= 11 is 0. The Balaban J connectivity index is 1.58. The number of likely N-dealkylation sites (tertiary alicyclic amines) is 1. The molecule has 2 aliphatic carbocycles. The number of aliphatic carboxylic acids is 1. The van der Waals surface area contributed by atoms with Gasteiger partial charge in [-0.05, 0) is 50.9 Å². The molecule has 1 heterocycles. The maximum absolute atomic E-state index is 12.7. The van der Waals surface area contributed by atoms with Gasteiger partial charge in [0.1, 0.15) is 0 Å². The monoisotopic (exact) mass is 279 g/mol. The Morgan fingerprint density at radius 2 is 1.50 bits per heavy atom. The van der Waals surface area contributed by atoms with E-state index in [-0.39, 0.29) is 11.8 Å². The van der Waals surface area contributed by atoms with Crippen LogP contribution in [0.4, 0.5) is 0 Å². The van der Waals surface area contributed by atoms with Gasteiger partial charge in [0.2, 0.25) is 5.91 Å². The van der Waals surface area contributed by atoms with Crippen LogP contribution < -0.4 is 0 Å². The number of carboxylic acid groups (broad SMARTS) is 1. The Bertz CT molecular complexity index is 387. The molecule has 4 heteroatoms. The first-order valence-electron chi connectivity index (χ1n) is 8.20. The van der Waals surface area contributed by atoms with Crippen LogP contribution in [0.1, 0.15) is 57.8 Å². The molecule has 20 heavy (non-hydrogen) atoms. The van der Waals surface area contributed by atoms with E-state index in [1.165, 1.54) is 32.1 Å². The predicted octanol–water partition coefficient (Wildman–Crippen LogP) is 2.67. The summed E-state index contributed by atoms with van der Waals surface area (Å²) in [5, 5.41) is 9.03. The minimum atomic E-state index is -0.690. The number of fused-ring (bicyclic) bond motifs is 1. The SMILES string of the molecule is O=C(O)C1CCC(C(=O)N2CCC3CCCCC32)CC1. The van der Waals surface area contributed by atoms with Crippen molar-refractivity contribution < 1.29 is 14.7 Å². The zero-order valence-electron chi connectivity index (χ0n) is 12.1.